The summed E-state index contributed by atoms with van der Waals surface area (Å²) in [6.07, 6.45) is 4.86. The van der Waals surface area contributed by atoms with Crippen LogP contribution in [0.5, 0.6) is 0 Å². The van der Waals surface area contributed by atoms with Gasteiger partial charge in [0.15, 0.2) is 5.96 Å². The zero-order chi connectivity index (χ0) is 17.9. The molecule has 1 saturated heterocycles. The van der Waals surface area contributed by atoms with Gasteiger partial charge in [0.05, 0.1) is 6.54 Å². The lowest BCUT2D eigenvalue weighted by Gasteiger charge is -2.32. The number of hydrogen-bond donors (Lipinski definition) is 3. The van der Waals surface area contributed by atoms with Gasteiger partial charge in [-0.1, -0.05) is 11.8 Å². The highest BCUT2D eigenvalue weighted by Crippen LogP contribution is 2.20. The first-order valence-corrected chi connectivity index (χ1v) is 10.6. The molecule has 25 heavy (non-hydrogen) atoms. The number of primary amides is 1. The molecule has 1 aromatic heterocycles. The molecular weight excluding hydrogens is 356 g/mol. The van der Waals surface area contributed by atoms with Crippen LogP contribution in [-0.2, 0) is 4.79 Å². The van der Waals surface area contributed by atoms with Gasteiger partial charge in [-0.2, -0.15) is 0 Å². The molecule has 0 radical (unpaired) electrons. The Kier molecular flexibility index (Phi) is 9.06. The van der Waals surface area contributed by atoms with Gasteiger partial charge < -0.3 is 16.4 Å². The van der Waals surface area contributed by atoms with Crippen molar-refractivity contribution in [2.24, 2.45) is 10.7 Å². The average molecular weight is 385 g/mol. The molecule has 9 heteroatoms. The lowest BCUT2D eigenvalue weighted by atomic mass is 10.1. The molecule has 0 saturated carbocycles. The van der Waals surface area contributed by atoms with Crippen molar-refractivity contribution in [1.29, 1.82) is 0 Å². The first-order valence-electron chi connectivity index (χ1n) is 8.75. The molecule has 140 valence electrons. The lowest BCUT2D eigenvalue weighted by Crippen LogP contribution is -2.49. The Morgan fingerprint density at radius 2 is 2.32 bits per heavy atom. The van der Waals surface area contributed by atoms with E-state index < -0.39 is 0 Å². The van der Waals surface area contributed by atoms with Gasteiger partial charge in [-0.15, -0.1) is 11.3 Å². The second kappa shape index (κ2) is 11.3. The summed E-state index contributed by atoms with van der Waals surface area (Å²) < 4.78 is 1.12. The van der Waals surface area contributed by atoms with E-state index in [1.165, 1.54) is 0 Å². The number of aliphatic imine (C=N–C) groups is 1. The fourth-order valence-corrected chi connectivity index (χ4v) is 4.30. The van der Waals surface area contributed by atoms with E-state index in [9.17, 15) is 4.79 Å². The highest BCUT2D eigenvalue weighted by Gasteiger charge is 2.20. The number of piperidine rings is 1. The summed E-state index contributed by atoms with van der Waals surface area (Å²) in [6.45, 7) is 5.87. The number of amides is 1. The molecule has 1 aromatic rings. The SMILES string of the molecule is CCNC(=NCCCSc1nccs1)NC1CCN(CC(N)=O)CC1. The van der Waals surface area contributed by atoms with Crippen LogP contribution in [0.2, 0.25) is 0 Å². The van der Waals surface area contributed by atoms with Crippen LogP contribution in [0.4, 0.5) is 0 Å². The third kappa shape index (κ3) is 8.06. The number of guanidine groups is 1. The van der Waals surface area contributed by atoms with Crippen molar-refractivity contribution in [2.45, 2.75) is 36.6 Å². The van der Waals surface area contributed by atoms with Gasteiger partial charge in [0, 0.05) is 49.6 Å². The number of nitrogens with one attached hydrogen (secondary N) is 2. The Bertz CT molecular complexity index is 529. The van der Waals surface area contributed by atoms with Crippen LogP contribution in [-0.4, -0.2) is 66.3 Å². The molecule has 2 heterocycles. The van der Waals surface area contributed by atoms with Gasteiger partial charge in [0.25, 0.3) is 0 Å². The van der Waals surface area contributed by atoms with Gasteiger partial charge in [0.1, 0.15) is 4.34 Å². The van der Waals surface area contributed by atoms with Crippen LogP contribution < -0.4 is 16.4 Å². The predicted octanol–water partition coefficient (Wildman–Crippen LogP) is 1.13. The number of likely N-dealkylation sites (tertiary alicyclic amines) is 1. The third-order valence-electron chi connectivity index (χ3n) is 3.86. The molecule has 0 atom stereocenters. The second-order valence-corrected chi connectivity index (χ2v) is 8.16. The minimum atomic E-state index is -0.253. The predicted molar refractivity (Wildman–Crippen MR) is 105 cm³/mol. The summed E-state index contributed by atoms with van der Waals surface area (Å²) >= 11 is 3.47. The van der Waals surface area contributed by atoms with Crippen LogP contribution in [0.1, 0.15) is 26.2 Å². The smallest absolute Gasteiger partial charge is 0.231 e. The number of nitrogens with two attached hydrogens (primary N) is 1. The van der Waals surface area contributed by atoms with Crippen LogP contribution in [0.25, 0.3) is 0 Å². The number of nitrogens with zero attached hydrogens (tertiary/aromatic N) is 3. The maximum absolute atomic E-state index is 11.0. The number of thioether (sulfide) groups is 1. The first kappa shape index (κ1) is 20.0. The fourth-order valence-electron chi connectivity index (χ4n) is 2.67. The molecule has 4 N–H and O–H groups in total. The number of rotatable bonds is 9. The molecule has 1 fully saturated rings. The van der Waals surface area contributed by atoms with Crippen molar-refractivity contribution >= 4 is 35.0 Å². The van der Waals surface area contributed by atoms with Crippen LogP contribution in [0.15, 0.2) is 20.9 Å². The summed E-state index contributed by atoms with van der Waals surface area (Å²) in [5, 5.41) is 8.83. The zero-order valence-electron chi connectivity index (χ0n) is 14.7. The number of carbonyl (C=O) groups is 1. The Balaban J connectivity index is 1.67. The first-order chi connectivity index (χ1) is 12.2. The maximum Gasteiger partial charge on any atom is 0.231 e. The largest absolute Gasteiger partial charge is 0.369 e. The molecule has 1 amide bonds. The van der Waals surface area contributed by atoms with E-state index in [-0.39, 0.29) is 5.91 Å². The molecule has 0 spiro atoms. The van der Waals surface area contributed by atoms with Gasteiger partial charge in [0.2, 0.25) is 5.91 Å². The monoisotopic (exact) mass is 384 g/mol. The topological polar surface area (TPSA) is 95.6 Å². The summed E-state index contributed by atoms with van der Waals surface area (Å²) in [4.78, 5) is 22.0. The van der Waals surface area contributed by atoms with Crippen LogP contribution in [0.3, 0.4) is 0 Å². The second-order valence-electron chi connectivity index (χ2n) is 5.92. The van der Waals surface area contributed by atoms with Gasteiger partial charge in [-0.05, 0) is 26.2 Å². The summed E-state index contributed by atoms with van der Waals surface area (Å²) in [6, 6.07) is 0.395. The fraction of sp³-hybridized carbons (Fsp3) is 0.688. The van der Waals surface area contributed by atoms with Crippen molar-refractivity contribution in [2.75, 3.05) is 38.5 Å². The van der Waals surface area contributed by atoms with Gasteiger partial charge in [-0.25, -0.2) is 4.98 Å². The zero-order valence-corrected chi connectivity index (χ0v) is 16.4. The number of carbonyl (C=O) groups excluding carboxylic acids is 1. The van der Waals surface area contributed by atoms with Crippen molar-refractivity contribution in [3.05, 3.63) is 11.6 Å². The van der Waals surface area contributed by atoms with E-state index in [0.717, 1.165) is 61.5 Å². The standard InChI is InChI=1S/C16H28N6OS2/c1-2-18-15(19-6-3-10-24-16-20-7-11-25-16)21-13-4-8-22(9-5-13)12-14(17)23/h7,11,13H,2-6,8-10,12H2,1H3,(H2,17,23)(H2,18,19,21). The Morgan fingerprint density at radius 1 is 1.52 bits per heavy atom. The quantitative estimate of drug-likeness (QED) is 0.256. The van der Waals surface area contributed by atoms with Crippen LogP contribution >= 0.6 is 23.1 Å². The van der Waals surface area contributed by atoms with E-state index in [2.05, 4.69) is 32.4 Å². The highest BCUT2D eigenvalue weighted by molar-refractivity contribution is 8.00. The number of hydrogen-bond acceptors (Lipinski definition) is 6. The van der Waals surface area contributed by atoms with E-state index in [4.69, 9.17) is 5.73 Å². The van der Waals surface area contributed by atoms with E-state index in [0.29, 0.717) is 12.6 Å². The summed E-state index contributed by atoms with van der Waals surface area (Å²) in [5.41, 5.74) is 5.26. The Labute approximate surface area is 157 Å². The molecule has 7 nitrogen and oxygen atoms in total. The average Bonchev–Trinajstić information content (AvgIpc) is 3.09. The Morgan fingerprint density at radius 3 is 2.96 bits per heavy atom. The molecule has 2 rings (SSSR count). The Hall–Kier alpha value is -1.32. The van der Waals surface area contributed by atoms with E-state index >= 15 is 0 Å². The molecule has 0 aliphatic carbocycles. The van der Waals surface area contributed by atoms with Crippen molar-refractivity contribution in [3.63, 3.8) is 0 Å². The van der Waals surface area contributed by atoms with Gasteiger partial charge in [-0.3, -0.25) is 14.7 Å². The molecular formula is C16H28N6OS2. The lowest BCUT2D eigenvalue weighted by molar-refractivity contribution is -0.119. The van der Waals surface area contributed by atoms with Gasteiger partial charge >= 0.3 is 0 Å². The molecule has 0 aromatic carbocycles. The molecule has 1 aliphatic heterocycles. The minimum Gasteiger partial charge on any atom is -0.369 e. The number of thiazole rings is 1. The van der Waals surface area contributed by atoms with Crippen molar-refractivity contribution < 1.29 is 4.79 Å². The normalized spacial score (nSPS) is 16.8. The third-order valence-corrected chi connectivity index (χ3v) is 5.91. The maximum atomic E-state index is 11.0. The molecule has 0 unspecified atom stereocenters. The van der Waals surface area contributed by atoms with Crippen molar-refractivity contribution in [1.82, 2.24) is 20.5 Å². The van der Waals surface area contributed by atoms with Crippen LogP contribution in [0, 0.1) is 0 Å². The van der Waals surface area contributed by atoms with E-state index in [1.807, 2.05) is 11.6 Å². The van der Waals surface area contributed by atoms with Crippen molar-refractivity contribution in [3.8, 4) is 0 Å². The molecule has 0 bridgehead atoms. The highest BCUT2D eigenvalue weighted by atomic mass is 32.2. The minimum absolute atomic E-state index is 0.253. The summed E-state index contributed by atoms with van der Waals surface area (Å²) in [7, 11) is 0. The molecule has 1 aliphatic rings. The van der Waals surface area contributed by atoms with E-state index in [1.54, 1.807) is 23.1 Å². The summed E-state index contributed by atoms with van der Waals surface area (Å²) in [5.74, 6) is 1.66. The number of aromatic nitrogens is 1.